The molecule has 0 aromatic heterocycles. The molecule has 1 fully saturated rings. The number of benzene rings is 2. The second kappa shape index (κ2) is 9.23. The number of esters is 1. The van der Waals surface area contributed by atoms with E-state index in [9.17, 15) is 9.59 Å². The number of carbonyl (C=O) groups excluding carboxylic acids is 2. The third-order valence-electron chi connectivity index (χ3n) is 4.49. The van der Waals surface area contributed by atoms with Crippen molar-refractivity contribution in [3.63, 3.8) is 0 Å². The number of nitrogens with zero attached hydrogens (tertiary/aromatic N) is 1. The van der Waals surface area contributed by atoms with Gasteiger partial charge < -0.3 is 23.8 Å². The minimum absolute atomic E-state index is 0.261. The molecular weight excluding hydrogens is 362 g/mol. The lowest BCUT2D eigenvalue weighted by molar-refractivity contribution is -0.145. The van der Waals surface area contributed by atoms with Crippen LogP contribution in [0.5, 0.6) is 11.5 Å². The van der Waals surface area contributed by atoms with Gasteiger partial charge in [0.1, 0.15) is 0 Å². The van der Waals surface area contributed by atoms with Gasteiger partial charge in [-0.2, -0.15) is 0 Å². The van der Waals surface area contributed by atoms with E-state index in [1.807, 2.05) is 6.07 Å². The first-order chi connectivity index (χ1) is 13.6. The maximum atomic E-state index is 13.0. The van der Waals surface area contributed by atoms with E-state index in [0.717, 1.165) is 0 Å². The van der Waals surface area contributed by atoms with Crippen LogP contribution in [-0.4, -0.2) is 57.3 Å². The third kappa shape index (κ3) is 4.43. The third-order valence-corrected chi connectivity index (χ3v) is 4.49. The molecule has 1 heterocycles. The highest BCUT2D eigenvalue weighted by Gasteiger charge is 2.31. The standard InChI is InChI=1S/C21H23NO6/c1-25-17-9-8-16(14-18(17)26-2)21(24)28-19(15-6-4-3-5-7-15)20(23)22-10-12-27-13-11-22/h3-9,14,19H,10-13H2,1-2H3. The molecule has 0 radical (unpaired) electrons. The highest BCUT2D eigenvalue weighted by Crippen LogP contribution is 2.29. The molecule has 1 aliphatic rings. The average Bonchev–Trinajstić information content (AvgIpc) is 2.77. The van der Waals surface area contributed by atoms with Crippen LogP contribution in [0.4, 0.5) is 0 Å². The van der Waals surface area contributed by atoms with Crippen LogP contribution in [0.2, 0.25) is 0 Å². The summed E-state index contributed by atoms with van der Waals surface area (Å²) in [7, 11) is 3.00. The second-order valence-corrected chi connectivity index (χ2v) is 6.20. The van der Waals surface area contributed by atoms with Gasteiger partial charge in [0.05, 0.1) is 33.0 Å². The van der Waals surface area contributed by atoms with E-state index in [-0.39, 0.29) is 11.5 Å². The zero-order chi connectivity index (χ0) is 19.9. The zero-order valence-electron chi connectivity index (χ0n) is 15.9. The largest absolute Gasteiger partial charge is 0.493 e. The molecule has 7 nitrogen and oxygen atoms in total. The average molecular weight is 385 g/mol. The summed E-state index contributed by atoms with van der Waals surface area (Å²) in [4.78, 5) is 27.5. The van der Waals surface area contributed by atoms with Gasteiger partial charge in [-0.25, -0.2) is 4.79 Å². The molecule has 2 aromatic carbocycles. The fourth-order valence-corrected chi connectivity index (χ4v) is 2.98. The van der Waals surface area contributed by atoms with E-state index in [1.165, 1.54) is 20.3 Å². The lowest BCUT2D eigenvalue weighted by Gasteiger charge is -2.30. The summed E-state index contributed by atoms with van der Waals surface area (Å²) < 4.78 is 21.4. The normalized spacial score (nSPS) is 14.9. The molecule has 3 rings (SSSR count). The Morgan fingerprint density at radius 1 is 0.964 bits per heavy atom. The quantitative estimate of drug-likeness (QED) is 0.711. The summed E-state index contributed by atoms with van der Waals surface area (Å²) in [5.74, 6) is 0.0375. The molecule has 1 unspecified atom stereocenters. The van der Waals surface area contributed by atoms with Crippen molar-refractivity contribution in [2.75, 3.05) is 40.5 Å². The Kier molecular flexibility index (Phi) is 6.49. The molecule has 2 aromatic rings. The SMILES string of the molecule is COc1ccc(C(=O)OC(C(=O)N2CCOCC2)c2ccccc2)cc1OC. The molecule has 1 aliphatic heterocycles. The number of methoxy groups -OCH3 is 2. The van der Waals surface area contributed by atoms with Crippen LogP contribution in [0.25, 0.3) is 0 Å². The first-order valence-electron chi connectivity index (χ1n) is 8.98. The summed E-state index contributed by atoms with van der Waals surface area (Å²) >= 11 is 0. The zero-order valence-corrected chi connectivity index (χ0v) is 15.9. The molecule has 1 atom stereocenters. The lowest BCUT2D eigenvalue weighted by Crippen LogP contribution is -2.44. The van der Waals surface area contributed by atoms with E-state index in [4.69, 9.17) is 18.9 Å². The van der Waals surface area contributed by atoms with Gasteiger partial charge in [-0.3, -0.25) is 4.79 Å². The Morgan fingerprint density at radius 3 is 2.29 bits per heavy atom. The number of ether oxygens (including phenoxy) is 4. The van der Waals surface area contributed by atoms with Crippen molar-refractivity contribution in [1.82, 2.24) is 4.90 Å². The number of amides is 1. The van der Waals surface area contributed by atoms with E-state index in [0.29, 0.717) is 43.4 Å². The smallest absolute Gasteiger partial charge is 0.339 e. The Balaban J connectivity index is 1.84. The lowest BCUT2D eigenvalue weighted by atomic mass is 10.1. The van der Waals surface area contributed by atoms with Crippen molar-refractivity contribution in [2.24, 2.45) is 0 Å². The molecule has 1 amide bonds. The number of hydrogen-bond acceptors (Lipinski definition) is 6. The van der Waals surface area contributed by atoms with Crippen LogP contribution in [-0.2, 0) is 14.3 Å². The molecule has 0 spiro atoms. The number of rotatable bonds is 6. The first-order valence-corrected chi connectivity index (χ1v) is 8.98. The van der Waals surface area contributed by atoms with Gasteiger partial charge in [0.25, 0.3) is 5.91 Å². The van der Waals surface area contributed by atoms with Gasteiger partial charge in [0.15, 0.2) is 11.5 Å². The molecule has 0 N–H and O–H groups in total. The van der Waals surface area contributed by atoms with Crippen molar-refractivity contribution in [3.8, 4) is 11.5 Å². The minimum atomic E-state index is -1.03. The highest BCUT2D eigenvalue weighted by atomic mass is 16.5. The van der Waals surface area contributed by atoms with Crippen LogP contribution in [0, 0.1) is 0 Å². The van der Waals surface area contributed by atoms with E-state index in [1.54, 1.807) is 41.3 Å². The summed E-state index contributed by atoms with van der Waals surface area (Å²) in [6, 6.07) is 13.7. The molecule has 1 saturated heterocycles. The molecular formula is C21H23NO6. The molecule has 0 bridgehead atoms. The number of carbonyl (C=O) groups is 2. The highest BCUT2D eigenvalue weighted by molar-refractivity contribution is 5.93. The number of morpholine rings is 1. The summed E-state index contributed by atoms with van der Waals surface area (Å²) in [5, 5.41) is 0. The van der Waals surface area contributed by atoms with Gasteiger partial charge in [-0.1, -0.05) is 30.3 Å². The van der Waals surface area contributed by atoms with Gasteiger partial charge in [0.2, 0.25) is 6.10 Å². The molecule has 148 valence electrons. The van der Waals surface area contributed by atoms with E-state index >= 15 is 0 Å². The molecule has 28 heavy (non-hydrogen) atoms. The van der Waals surface area contributed by atoms with Gasteiger partial charge in [-0.15, -0.1) is 0 Å². The van der Waals surface area contributed by atoms with Crippen LogP contribution < -0.4 is 9.47 Å². The van der Waals surface area contributed by atoms with Crippen molar-refractivity contribution < 1.29 is 28.5 Å². The summed E-state index contributed by atoms with van der Waals surface area (Å²) in [5.41, 5.74) is 0.890. The van der Waals surface area contributed by atoms with Gasteiger partial charge in [-0.05, 0) is 18.2 Å². The fourth-order valence-electron chi connectivity index (χ4n) is 2.98. The fraction of sp³-hybridized carbons (Fsp3) is 0.333. The van der Waals surface area contributed by atoms with Crippen molar-refractivity contribution in [2.45, 2.75) is 6.10 Å². The Hall–Kier alpha value is -3.06. The van der Waals surface area contributed by atoms with Gasteiger partial charge >= 0.3 is 5.97 Å². The van der Waals surface area contributed by atoms with Crippen molar-refractivity contribution >= 4 is 11.9 Å². The van der Waals surface area contributed by atoms with E-state index in [2.05, 4.69) is 0 Å². The predicted molar refractivity (Wildman–Crippen MR) is 102 cm³/mol. The molecule has 0 saturated carbocycles. The maximum absolute atomic E-state index is 13.0. The van der Waals surface area contributed by atoms with Crippen LogP contribution in [0.3, 0.4) is 0 Å². The summed E-state index contributed by atoms with van der Waals surface area (Å²) in [6.45, 7) is 1.87. The Bertz CT molecular complexity index is 817. The topological polar surface area (TPSA) is 74.3 Å². The Labute approximate surface area is 163 Å². The van der Waals surface area contributed by atoms with Crippen LogP contribution in [0.1, 0.15) is 22.0 Å². The molecule has 7 heteroatoms. The van der Waals surface area contributed by atoms with Crippen LogP contribution in [0.15, 0.2) is 48.5 Å². The predicted octanol–water partition coefficient (Wildman–Crippen LogP) is 2.46. The van der Waals surface area contributed by atoms with E-state index < -0.39 is 12.1 Å². The monoisotopic (exact) mass is 385 g/mol. The Morgan fingerprint density at radius 2 is 1.64 bits per heavy atom. The number of hydrogen-bond donors (Lipinski definition) is 0. The van der Waals surface area contributed by atoms with Crippen LogP contribution >= 0.6 is 0 Å². The van der Waals surface area contributed by atoms with Crippen molar-refractivity contribution in [3.05, 3.63) is 59.7 Å². The maximum Gasteiger partial charge on any atom is 0.339 e. The van der Waals surface area contributed by atoms with Gasteiger partial charge in [0, 0.05) is 18.7 Å². The summed E-state index contributed by atoms with van der Waals surface area (Å²) in [6.07, 6.45) is -1.03. The van der Waals surface area contributed by atoms with Crippen molar-refractivity contribution in [1.29, 1.82) is 0 Å². The first kappa shape index (κ1) is 19.7. The molecule has 0 aliphatic carbocycles. The minimum Gasteiger partial charge on any atom is -0.493 e. The second-order valence-electron chi connectivity index (χ2n) is 6.20.